The second-order valence-corrected chi connectivity index (χ2v) is 9.11. The fraction of sp³-hybridized carbons (Fsp3) is 0.172. The molecular formula is C29H25FN6O3. The molecule has 10 heteroatoms. The molecule has 9 nitrogen and oxygen atoms in total. The maximum absolute atomic E-state index is 15.2. The molecular weight excluding hydrogens is 499 g/mol. The number of pyridine rings is 2. The summed E-state index contributed by atoms with van der Waals surface area (Å²) in [6.45, 7) is 3.46. The van der Waals surface area contributed by atoms with Crippen LogP contribution in [0.3, 0.4) is 0 Å². The van der Waals surface area contributed by atoms with Gasteiger partial charge in [-0.3, -0.25) is 9.97 Å². The third-order valence-electron chi connectivity index (χ3n) is 6.35. The van der Waals surface area contributed by atoms with Gasteiger partial charge in [0, 0.05) is 59.8 Å². The van der Waals surface area contributed by atoms with Crippen LogP contribution in [0.5, 0.6) is 23.0 Å². The molecule has 4 heterocycles. The lowest BCUT2D eigenvalue weighted by molar-refractivity contribution is 0.137. The van der Waals surface area contributed by atoms with Crippen LogP contribution in [0, 0.1) is 12.7 Å². The highest BCUT2D eigenvalue weighted by Gasteiger charge is 2.21. The van der Waals surface area contributed by atoms with E-state index in [1.54, 1.807) is 43.9 Å². The number of benzene rings is 2. The molecule has 0 unspecified atom stereocenters. The summed E-state index contributed by atoms with van der Waals surface area (Å²) in [5.74, 6) is 1.91. The van der Waals surface area contributed by atoms with Gasteiger partial charge in [-0.1, -0.05) is 6.07 Å². The van der Waals surface area contributed by atoms with Crippen LogP contribution in [0.1, 0.15) is 5.69 Å². The van der Waals surface area contributed by atoms with E-state index in [0.717, 1.165) is 29.9 Å². The Kier molecular flexibility index (Phi) is 6.60. The average molecular weight is 525 g/mol. The average Bonchev–Trinajstić information content (AvgIpc) is 2.92. The number of anilines is 2. The van der Waals surface area contributed by atoms with E-state index in [9.17, 15) is 0 Å². The highest BCUT2D eigenvalue weighted by atomic mass is 19.1. The van der Waals surface area contributed by atoms with Crippen molar-refractivity contribution in [2.75, 3.05) is 25.5 Å². The van der Waals surface area contributed by atoms with Crippen LogP contribution in [-0.4, -0.2) is 46.2 Å². The van der Waals surface area contributed by atoms with E-state index in [1.165, 1.54) is 12.4 Å². The largest absolute Gasteiger partial charge is 0.493 e. The molecule has 2 N–H and O–H groups in total. The van der Waals surface area contributed by atoms with Crippen molar-refractivity contribution in [2.45, 2.75) is 13.0 Å². The number of aromatic nitrogens is 4. The highest BCUT2D eigenvalue weighted by molar-refractivity contribution is 5.93. The van der Waals surface area contributed by atoms with E-state index in [2.05, 4.69) is 30.6 Å². The number of methoxy groups -OCH3 is 1. The predicted octanol–water partition coefficient (Wildman–Crippen LogP) is 5.43. The number of nitrogens with zero attached hydrogens (tertiary/aromatic N) is 4. The van der Waals surface area contributed by atoms with Gasteiger partial charge in [-0.05, 0) is 37.3 Å². The number of halogens is 1. The molecule has 1 aliphatic rings. The van der Waals surface area contributed by atoms with E-state index >= 15 is 4.39 Å². The zero-order chi connectivity index (χ0) is 26.8. The van der Waals surface area contributed by atoms with Crippen molar-refractivity contribution in [1.29, 1.82) is 0 Å². The lowest BCUT2D eigenvalue weighted by atomic mass is 10.1. The topological polar surface area (TPSA) is 103 Å². The molecule has 0 amide bonds. The standard InChI is InChI=1S/C29H25FN6O3/c1-17-3-4-18(12-33-17)19-7-21(13-31-11-19)38-20-5-6-25(24(30)8-20)36-29-23-9-28(39-22-14-32-15-22)27(37-2)10-26(23)34-16-35-29/h3-13,16,22,32H,14-15H2,1-2H3,(H,34,35,36). The first-order chi connectivity index (χ1) is 19.1. The van der Waals surface area contributed by atoms with Crippen LogP contribution in [0.15, 0.2) is 73.4 Å². The number of fused-ring (bicyclic) bond motifs is 1. The van der Waals surface area contributed by atoms with Crippen LogP contribution >= 0.6 is 0 Å². The number of hydrogen-bond donors (Lipinski definition) is 2. The number of rotatable bonds is 8. The smallest absolute Gasteiger partial charge is 0.162 e. The molecule has 0 radical (unpaired) electrons. The highest BCUT2D eigenvalue weighted by Crippen LogP contribution is 2.36. The summed E-state index contributed by atoms with van der Waals surface area (Å²) < 4.78 is 32.6. The van der Waals surface area contributed by atoms with Crippen molar-refractivity contribution in [3.8, 4) is 34.1 Å². The van der Waals surface area contributed by atoms with E-state index in [1.807, 2.05) is 31.2 Å². The van der Waals surface area contributed by atoms with Gasteiger partial charge in [0.15, 0.2) is 11.5 Å². The Morgan fingerprint density at radius 3 is 2.54 bits per heavy atom. The van der Waals surface area contributed by atoms with E-state index in [-0.39, 0.29) is 11.8 Å². The second kappa shape index (κ2) is 10.5. The van der Waals surface area contributed by atoms with Gasteiger partial charge in [-0.25, -0.2) is 14.4 Å². The first-order valence-corrected chi connectivity index (χ1v) is 12.4. The van der Waals surface area contributed by atoms with Gasteiger partial charge >= 0.3 is 0 Å². The van der Waals surface area contributed by atoms with Crippen molar-refractivity contribution < 1.29 is 18.6 Å². The number of nitrogens with one attached hydrogen (secondary N) is 2. The Hall–Kier alpha value is -4.83. The minimum absolute atomic E-state index is 0.0619. The lowest BCUT2D eigenvalue weighted by Gasteiger charge is -2.28. The normalized spacial score (nSPS) is 13.1. The van der Waals surface area contributed by atoms with Crippen molar-refractivity contribution in [2.24, 2.45) is 0 Å². The minimum Gasteiger partial charge on any atom is -0.493 e. The molecule has 1 fully saturated rings. The van der Waals surface area contributed by atoms with Gasteiger partial charge in [-0.2, -0.15) is 0 Å². The first kappa shape index (κ1) is 24.5. The SMILES string of the molecule is COc1cc2ncnc(Nc3ccc(Oc4cncc(-c5ccc(C)nc5)c4)cc3F)c2cc1OC1CNC1. The fourth-order valence-corrected chi connectivity index (χ4v) is 4.14. The molecule has 39 heavy (non-hydrogen) atoms. The van der Waals surface area contributed by atoms with Gasteiger partial charge in [0.25, 0.3) is 0 Å². The summed E-state index contributed by atoms with van der Waals surface area (Å²) in [5.41, 5.74) is 3.57. The van der Waals surface area contributed by atoms with Crippen LogP contribution < -0.4 is 24.8 Å². The monoisotopic (exact) mass is 524 g/mol. The third kappa shape index (κ3) is 5.27. The molecule has 0 bridgehead atoms. The molecule has 1 saturated heterocycles. The second-order valence-electron chi connectivity index (χ2n) is 9.11. The zero-order valence-electron chi connectivity index (χ0n) is 21.3. The molecule has 5 aromatic rings. The fourth-order valence-electron chi connectivity index (χ4n) is 4.14. The van der Waals surface area contributed by atoms with Crippen LogP contribution in [-0.2, 0) is 0 Å². The van der Waals surface area contributed by atoms with Gasteiger partial charge in [0.1, 0.15) is 35.6 Å². The summed E-state index contributed by atoms with van der Waals surface area (Å²) >= 11 is 0. The maximum Gasteiger partial charge on any atom is 0.162 e. The van der Waals surface area contributed by atoms with E-state index in [4.69, 9.17) is 14.2 Å². The molecule has 0 atom stereocenters. The van der Waals surface area contributed by atoms with Crippen LogP contribution in [0.25, 0.3) is 22.0 Å². The maximum atomic E-state index is 15.2. The number of ether oxygens (including phenoxy) is 3. The van der Waals surface area contributed by atoms with Crippen molar-refractivity contribution in [1.82, 2.24) is 25.3 Å². The van der Waals surface area contributed by atoms with Gasteiger partial charge in [-0.15, -0.1) is 0 Å². The Morgan fingerprint density at radius 1 is 0.897 bits per heavy atom. The van der Waals surface area contributed by atoms with Crippen molar-refractivity contribution >= 4 is 22.4 Å². The summed E-state index contributed by atoms with van der Waals surface area (Å²) in [5, 5.41) is 6.93. The Labute approximate surface area is 224 Å². The number of hydrogen-bond acceptors (Lipinski definition) is 9. The quantitative estimate of drug-likeness (QED) is 0.275. The molecule has 3 aromatic heterocycles. The molecule has 196 valence electrons. The first-order valence-electron chi connectivity index (χ1n) is 12.4. The molecule has 1 aliphatic heterocycles. The predicted molar refractivity (Wildman–Crippen MR) is 145 cm³/mol. The summed E-state index contributed by atoms with van der Waals surface area (Å²) in [4.78, 5) is 17.3. The Bertz CT molecular complexity index is 1640. The Balaban J connectivity index is 1.23. The summed E-state index contributed by atoms with van der Waals surface area (Å²) in [7, 11) is 1.58. The van der Waals surface area contributed by atoms with Crippen LogP contribution in [0.4, 0.5) is 15.9 Å². The van der Waals surface area contributed by atoms with E-state index < -0.39 is 5.82 Å². The van der Waals surface area contributed by atoms with E-state index in [0.29, 0.717) is 39.7 Å². The zero-order valence-corrected chi connectivity index (χ0v) is 21.3. The van der Waals surface area contributed by atoms with Crippen LogP contribution in [0.2, 0.25) is 0 Å². The molecule has 2 aromatic carbocycles. The molecule has 0 spiro atoms. The number of aryl methyl sites for hydroxylation is 1. The van der Waals surface area contributed by atoms with Gasteiger partial charge in [0.2, 0.25) is 0 Å². The van der Waals surface area contributed by atoms with Gasteiger partial charge < -0.3 is 24.8 Å². The molecule has 0 aliphatic carbocycles. The van der Waals surface area contributed by atoms with Crippen molar-refractivity contribution in [3.05, 3.63) is 85.0 Å². The van der Waals surface area contributed by atoms with Crippen molar-refractivity contribution in [3.63, 3.8) is 0 Å². The lowest BCUT2D eigenvalue weighted by Crippen LogP contribution is -2.50. The summed E-state index contributed by atoms with van der Waals surface area (Å²) in [6, 6.07) is 13.9. The van der Waals surface area contributed by atoms with Gasteiger partial charge in [0.05, 0.1) is 24.5 Å². The Morgan fingerprint density at radius 2 is 1.79 bits per heavy atom. The molecule has 0 saturated carbocycles. The minimum atomic E-state index is -0.503. The molecule has 6 rings (SSSR count). The summed E-state index contributed by atoms with van der Waals surface area (Å²) in [6.07, 6.45) is 6.57. The third-order valence-corrected chi connectivity index (χ3v) is 6.35.